The Hall–Kier alpha value is -2.50. The van der Waals surface area contributed by atoms with E-state index in [0.29, 0.717) is 36.8 Å². The Balaban J connectivity index is 1.43. The fourth-order valence-electron chi connectivity index (χ4n) is 4.23. The molecule has 0 saturated carbocycles. The Kier molecular flexibility index (Phi) is 6.73. The molecule has 0 amide bonds. The fourth-order valence-corrected chi connectivity index (χ4v) is 6.11. The van der Waals surface area contributed by atoms with E-state index in [1.165, 1.54) is 0 Å². The molecule has 1 aliphatic heterocycles. The zero-order valence-electron chi connectivity index (χ0n) is 19.3. The van der Waals surface area contributed by atoms with E-state index in [1.54, 1.807) is 11.8 Å². The van der Waals surface area contributed by atoms with Gasteiger partial charge in [-0.25, -0.2) is 13.1 Å². The first-order valence-electron chi connectivity index (χ1n) is 10.8. The average Bonchev–Trinajstić information content (AvgIpc) is 3.39. The van der Waals surface area contributed by atoms with Crippen molar-refractivity contribution in [2.24, 2.45) is 0 Å². The lowest BCUT2D eigenvalue weighted by molar-refractivity contribution is 0.239. The average molecular weight is 492 g/mol. The number of hydrogen-bond donors (Lipinski definition) is 0. The highest BCUT2D eigenvalue weighted by Crippen LogP contribution is 2.27. The van der Waals surface area contributed by atoms with E-state index >= 15 is 0 Å². The van der Waals surface area contributed by atoms with Gasteiger partial charge in [0, 0.05) is 17.8 Å². The first-order valence-corrected chi connectivity index (χ1v) is 13.0. The summed E-state index contributed by atoms with van der Waals surface area (Å²) in [6.07, 6.45) is 1.16. The summed E-state index contributed by atoms with van der Waals surface area (Å²) in [6.45, 7) is 5.07. The molecule has 33 heavy (non-hydrogen) atoms. The van der Waals surface area contributed by atoms with Crippen molar-refractivity contribution in [2.45, 2.75) is 45.9 Å². The molecule has 1 saturated heterocycles. The Labute approximate surface area is 198 Å². The number of methoxy groups -OCH3 is 1. The third-order valence-corrected chi connectivity index (χ3v) is 8.04. The molecule has 0 bridgehead atoms. The number of nitrogens with zero attached hydrogens (tertiary/aromatic N) is 5. The molecule has 178 valence electrons. The molecule has 0 spiro atoms. The van der Waals surface area contributed by atoms with Gasteiger partial charge in [0.2, 0.25) is 5.89 Å². The Morgan fingerprint density at radius 1 is 1.24 bits per heavy atom. The van der Waals surface area contributed by atoms with E-state index in [-0.39, 0.29) is 17.5 Å². The summed E-state index contributed by atoms with van der Waals surface area (Å²) < 4.78 is 38.2. The van der Waals surface area contributed by atoms with Crippen molar-refractivity contribution in [1.82, 2.24) is 24.5 Å². The maximum Gasteiger partial charge on any atom is 0.288 e. The van der Waals surface area contributed by atoms with Crippen molar-refractivity contribution < 1.29 is 17.6 Å². The Bertz CT molecular complexity index is 1290. The Morgan fingerprint density at radius 2 is 1.97 bits per heavy atom. The summed E-state index contributed by atoms with van der Waals surface area (Å²) in [5.74, 6) is 1.75. The molecule has 1 unspecified atom stereocenters. The maximum atomic E-state index is 11.9. The molecule has 1 aromatic carbocycles. The topological polar surface area (TPSA) is 95.4 Å². The van der Waals surface area contributed by atoms with Crippen molar-refractivity contribution in [3.8, 4) is 5.75 Å². The van der Waals surface area contributed by atoms with E-state index in [1.807, 2.05) is 49.8 Å². The van der Waals surface area contributed by atoms with Gasteiger partial charge >= 0.3 is 0 Å². The van der Waals surface area contributed by atoms with Crippen molar-refractivity contribution in [3.63, 3.8) is 0 Å². The van der Waals surface area contributed by atoms with Crippen LogP contribution in [0.4, 0.5) is 0 Å². The van der Waals surface area contributed by atoms with E-state index in [0.717, 1.165) is 28.3 Å². The van der Waals surface area contributed by atoms with Gasteiger partial charge in [-0.3, -0.25) is 9.58 Å². The predicted molar refractivity (Wildman–Crippen MR) is 127 cm³/mol. The molecule has 0 aliphatic carbocycles. The van der Waals surface area contributed by atoms with Gasteiger partial charge in [0.15, 0.2) is 9.84 Å². The lowest BCUT2D eigenvalue weighted by Gasteiger charge is -2.17. The molecule has 11 heteroatoms. The highest BCUT2D eigenvalue weighted by atomic mass is 32.2. The van der Waals surface area contributed by atoms with Crippen molar-refractivity contribution in [2.75, 3.05) is 25.7 Å². The standard InChI is InChI=1S/C22H29N5O4S2/c1-15-20(16(2)27(23-15)18-9-10-33(28,29)13-18)12-25(3)14-26-22(32)31-21(24-26)11-17-5-7-19(30-4)8-6-17/h5-8,18H,9-14H2,1-4H3. The van der Waals surface area contributed by atoms with Crippen LogP contribution < -0.4 is 4.74 Å². The number of hydrogen-bond acceptors (Lipinski definition) is 8. The van der Waals surface area contributed by atoms with Gasteiger partial charge < -0.3 is 9.15 Å². The van der Waals surface area contributed by atoms with Gasteiger partial charge in [-0.2, -0.15) is 5.10 Å². The third kappa shape index (κ3) is 5.36. The number of benzene rings is 1. The van der Waals surface area contributed by atoms with Crippen LogP contribution in [0.25, 0.3) is 0 Å². The van der Waals surface area contributed by atoms with Crippen LogP contribution in [0.5, 0.6) is 5.75 Å². The quantitative estimate of drug-likeness (QED) is 0.444. The van der Waals surface area contributed by atoms with Crippen LogP contribution in [0.3, 0.4) is 0 Å². The van der Waals surface area contributed by atoms with Gasteiger partial charge in [0.1, 0.15) is 5.75 Å². The van der Waals surface area contributed by atoms with Gasteiger partial charge in [0.05, 0.1) is 43.4 Å². The molecular weight excluding hydrogens is 462 g/mol. The Morgan fingerprint density at radius 3 is 2.61 bits per heavy atom. The second-order valence-electron chi connectivity index (χ2n) is 8.59. The van der Waals surface area contributed by atoms with Crippen LogP contribution in [-0.4, -0.2) is 58.5 Å². The molecule has 3 aromatic rings. The first-order chi connectivity index (χ1) is 15.6. The van der Waals surface area contributed by atoms with Crippen molar-refractivity contribution in [3.05, 3.63) is 57.5 Å². The lowest BCUT2D eigenvalue weighted by Crippen LogP contribution is -2.23. The van der Waals surface area contributed by atoms with E-state index < -0.39 is 9.84 Å². The molecule has 1 fully saturated rings. The van der Waals surface area contributed by atoms with Crippen LogP contribution in [0.2, 0.25) is 0 Å². The van der Waals surface area contributed by atoms with Crippen LogP contribution in [0.15, 0.2) is 28.7 Å². The smallest absolute Gasteiger partial charge is 0.288 e. The van der Waals surface area contributed by atoms with Gasteiger partial charge in [-0.15, -0.1) is 5.10 Å². The molecule has 4 rings (SSSR count). The van der Waals surface area contributed by atoms with E-state index in [9.17, 15) is 8.42 Å². The maximum absolute atomic E-state index is 11.9. The number of sulfone groups is 1. The summed E-state index contributed by atoms with van der Waals surface area (Å²) >= 11 is 5.38. The molecular formula is C22H29N5O4S2. The van der Waals surface area contributed by atoms with E-state index in [2.05, 4.69) is 15.1 Å². The van der Waals surface area contributed by atoms with Gasteiger partial charge in [0.25, 0.3) is 4.84 Å². The fraction of sp³-hybridized carbons (Fsp3) is 0.500. The minimum absolute atomic E-state index is 0.0857. The normalized spacial score (nSPS) is 17.7. The SMILES string of the molecule is COc1ccc(Cc2nn(CN(C)Cc3c(C)nn(C4CCS(=O)(=O)C4)c3C)c(=S)o2)cc1. The predicted octanol–water partition coefficient (Wildman–Crippen LogP) is 3.07. The zero-order valence-corrected chi connectivity index (χ0v) is 20.9. The highest BCUT2D eigenvalue weighted by Gasteiger charge is 2.31. The molecule has 1 atom stereocenters. The number of ether oxygens (including phenoxy) is 1. The summed E-state index contributed by atoms with van der Waals surface area (Å²) in [4.78, 5) is 2.41. The molecule has 0 radical (unpaired) electrons. The third-order valence-electron chi connectivity index (χ3n) is 6.00. The van der Waals surface area contributed by atoms with Crippen molar-refractivity contribution in [1.29, 1.82) is 0 Å². The minimum Gasteiger partial charge on any atom is -0.497 e. The van der Waals surface area contributed by atoms with E-state index in [4.69, 9.17) is 21.4 Å². The molecule has 0 N–H and O–H groups in total. The zero-order chi connectivity index (χ0) is 23.8. The lowest BCUT2D eigenvalue weighted by atomic mass is 10.1. The molecule has 1 aliphatic rings. The molecule has 3 heterocycles. The molecule has 2 aromatic heterocycles. The van der Waals surface area contributed by atoms with Crippen LogP contribution in [0, 0.1) is 18.7 Å². The van der Waals surface area contributed by atoms with Crippen molar-refractivity contribution >= 4 is 22.1 Å². The number of rotatable bonds is 8. The van der Waals surface area contributed by atoms with Crippen LogP contribution >= 0.6 is 12.2 Å². The first kappa shape index (κ1) is 23.7. The molecule has 9 nitrogen and oxygen atoms in total. The summed E-state index contributed by atoms with van der Waals surface area (Å²) in [5, 5.41) is 9.20. The summed E-state index contributed by atoms with van der Waals surface area (Å²) in [5.41, 5.74) is 4.06. The number of aryl methyl sites for hydroxylation is 1. The monoisotopic (exact) mass is 491 g/mol. The van der Waals surface area contributed by atoms with Crippen LogP contribution in [-0.2, 0) is 29.5 Å². The van der Waals surface area contributed by atoms with Gasteiger partial charge in [-0.05, 0) is 57.2 Å². The minimum atomic E-state index is -2.97. The van der Waals surface area contributed by atoms with Crippen LogP contribution in [0.1, 0.15) is 40.9 Å². The second kappa shape index (κ2) is 9.40. The second-order valence-corrected chi connectivity index (χ2v) is 11.2. The number of aromatic nitrogens is 4. The highest BCUT2D eigenvalue weighted by molar-refractivity contribution is 7.91. The van der Waals surface area contributed by atoms with Gasteiger partial charge in [-0.1, -0.05) is 12.1 Å². The summed E-state index contributed by atoms with van der Waals surface area (Å²) in [6, 6.07) is 7.67. The largest absolute Gasteiger partial charge is 0.497 e. The summed E-state index contributed by atoms with van der Waals surface area (Å²) in [7, 11) is 0.652.